The summed E-state index contributed by atoms with van der Waals surface area (Å²) >= 11 is 6.07. The molecule has 0 spiro atoms. The summed E-state index contributed by atoms with van der Waals surface area (Å²) in [4.78, 5) is 2.20. The van der Waals surface area contributed by atoms with Gasteiger partial charge in [-0.2, -0.15) is 4.31 Å². The lowest BCUT2D eigenvalue weighted by Crippen LogP contribution is -2.48. The van der Waals surface area contributed by atoms with Gasteiger partial charge in [0.2, 0.25) is 10.0 Å². The second-order valence-corrected chi connectivity index (χ2v) is 8.50. The number of para-hydroxylation sites is 1. The second-order valence-electron chi connectivity index (χ2n) is 6.28. The van der Waals surface area contributed by atoms with Crippen molar-refractivity contribution in [2.75, 3.05) is 39.3 Å². The molecular weight excluding hydrogens is 384 g/mol. The molecule has 2 aromatic carbocycles. The van der Waals surface area contributed by atoms with Gasteiger partial charge in [-0.15, -0.1) is 0 Å². The largest absolute Gasteiger partial charge is 0.491 e. The van der Waals surface area contributed by atoms with Crippen LogP contribution in [0.15, 0.2) is 60.0 Å². The molecule has 27 heavy (non-hydrogen) atoms. The third-order valence-electron chi connectivity index (χ3n) is 4.42. The van der Waals surface area contributed by atoms with Gasteiger partial charge in [-0.25, -0.2) is 8.42 Å². The average molecular weight is 407 g/mol. The molecule has 3 rings (SSSR count). The van der Waals surface area contributed by atoms with Crippen LogP contribution in [0.2, 0.25) is 5.02 Å². The van der Waals surface area contributed by atoms with Gasteiger partial charge in [-0.05, 0) is 23.8 Å². The quantitative estimate of drug-likeness (QED) is 0.707. The van der Waals surface area contributed by atoms with Gasteiger partial charge in [0.05, 0.1) is 5.02 Å². The van der Waals surface area contributed by atoms with E-state index in [1.807, 2.05) is 48.5 Å². The smallest absolute Gasteiger partial charge is 0.236 e. The fourth-order valence-electron chi connectivity index (χ4n) is 2.87. The Labute approximate surface area is 165 Å². The standard InChI is InChI=1S/C20H23ClN2O3S/c21-19-8-4-5-9-20(19)26-16-15-22-11-13-23(14-12-22)27(24,25)17-10-18-6-2-1-3-7-18/h1-10,17H,11-16H2/b17-10+. The van der Waals surface area contributed by atoms with Gasteiger partial charge in [0.25, 0.3) is 0 Å². The lowest BCUT2D eigenvalue weighted by Gasteiger charge is -2.33. The summed E-state index contributed by atoms with van der Waals surface area (Å²) in [6.07, 6.45) is 1.64. The summed E-state index contributed by atoms with van der Waals surface area (Å²) in [5.74, 6) is 0.673. The van der Waals surface area contributed by atoms with Crippen LogP contribution in [0.25, 0.3) is 6.08 Å². The molecule has 0 radical (unpaired) electrons. The van der Waals surface area contributed by atoms with E-state index >= 15 is 0 Å². The Balaban J connectivity index is 1.45. The van der Waals surface area contributed by atoms with E-state index in [4.69, 9.17) is 16.3 Å². The lowest BCUT2D eigenvalue weighted by atomic mass is 10.2. The maximum absolute atomic E-state index is 12.5. The summed E-state index contributed by atoms with van der Waals surface area (Å²) < 4.78 is 32.2. The molecule has 0 saturated carbocycles. The van der Waals surface area contributed by atoms with Gasteiger partial charge >= 0.3 is 0 Å². The molecule has 1 aliphatic rings. The van der Waals surface area contributed by atoms with Gasteiger partial charge < -0.3 is 4.74 Å². The number of ether oxygens (including phenoxy) is 1. The normalized spacial score (nSPS) is 16.6. The highest BCUT2D eigenvalue weighted by Gasteiger charge is 2.24. The summed E-state index contributed by atoms with van der Waals surface area (Å²) in [7, 11) is -3.40. The minimum Gasteiger partial charge on any atom is -0.491 e. The van der Waals surface area contributed by atoms with Crippen LogP contribution < -0.4 is 4.74 Å². The maximum Gasteiger partial charge on any atom is 0.236 e. The van der Waals surface area contributed by atoms with Crippen molar-refractivity contribution in [2.45, 2.75) is 0 Å². The fraction of sp³-hybridized carbons (Fsp3) is 0.300. The summed E-state index contributed by atoms with van der Waals surface area (Å²) in [5.41, 5.74) is 0.872. The minimum atomic E-state index is -3.40. The van der Waals surface area contributed by atoms with E-state index in [1.54, 1.807) is 12.1 Å². The highest BCUT2D eigenvalue weighted by atomic mass is 35.5. The SMILES string of the molecule is O=S(=O)(/C=C/c1ccccc1)N1CCN(CCOc2ccccc2Cl)CC1. The average Bonchev–Trinajstić information content (AvgIpc) is 2.69. The van der Waals surface area contributed by atoms with E-state index in [9.17, 15) is 8.42 Å². The number of nitrogens with zero attached hydrogens (tertiary/aromatic N) is 2. The molecule has 0 unspecified atom stereocenters. The Hall–Kier alpha value is -1.86. The number of sulfonamides is 1. The number of hydrogen-bond acceptors (Lipinski definition) is 4. The Morgan fingerprint density at radius 3 is 2.33 bits per heavy atom. The molecule has 0 bridgehead atoms. The highest BCUT2D eigenvalue weighted by Crippen LogP contribution is 2.23. The van der Waals surface area contributed by atoms with Gasteiger partial charge in [0.15, 0.2) is 0 Å². The van der Waals surface area contributed by atoms with Gasteiger partial charge in [0.1, 0.15) is 12.4 Å². The van der Waals surface area contributed by atoms with E-state index < -0.39 is 10.0 Å². The van der Waals surface area contributed by atoms with Crippen LogP contribution in [0.3, 0.4) is 0 Å². The first-order chi connectivity index (χ1) is 13.0. The molecule has 0 aliphatic carbocycles. The monoisotopic (exact) mass is 406 g/mol. The van der Waals surface area contributed by atoms with E-state index in [1.165, 1.54) is 9.71 Å². The Morgan fingerprint density at radius 2 is 1.63 bits per heavy atom. The highest BCUT2D eigenvalue weighted by molar-refractivity contribution is 7.92. The Bertz CT molecular complexity index is 864. The molecular formula is C20H23ClN2O3S. The van der Waals surface area contributed by atoms with Crippen molar-refractivity contribution >= 4 is 27.7 Å². The number of benzene rings is 2. The summed E-state index contributed by atoms with van der Waals surface area (Å²) in [6.45, 7) is 3.58. The number of halogens is 1. The number of rotatable bonds is 7. The van der Waals surface area contributed by atoms with Crippen LogP contribution in [0.4, 0.5) is 0 Å². The Morgan fingerprint density at radius 1 is 0.963 bits per heavy atom. The predicted octanol–water partition coefficient (Wildman–Crippen LogP) is 3.34. The topological polar surface area (TPSA) is 49.9 Å². The Kier molecular flexibility index (Phi) is 6.90. The van der Waals surface area contributed by atoms with E-state index in [0.717, 1.165) is 12.1 Å². The van der Waals surface area contributed by atoms with Crippen LogP contribution >= 0.6 is 11.6 Å². The molecule has 0 atom stereocenters. The van der Waals surface area contributed by atoms with Crippen molar-refractivity contribution in [2.24, 2.45) is 0 Å². The molecule has 1 fully saturated rings. The first-order valence-electron chi connectivity index (χ1n) is 8.87. The van der Waals surface area contributed by atoms with Crippen molar-refractivity contribution < 1.29 is 13.2 Å². The fourth-order valence-corrected chi connectivity index (χ4v) is 4.23. The van der Waals surface area contributed by atoms with Crippen molar-refractivity contribution in [3.63, 3.8) is 0 Å². The molecule has 0 N–H and O–H groups in total. The zero-order valence-electron chi connectivity index (χ0n) is 15.0. The molecule has 5 nitrogen and oxygen atoms in total. The molecule has 0 aromatic heterocycles. The van der Waals surface area contributed by atoms with Crippen molar-refractivity contribution in [1.29, 1.82) is 0 Å². The first kappa shape index (κ1) is 19.9. The summed E-state index contributed by atoms with van der Waals surface area (Å²) in [6, 6.07) is 16.8. The predicted molar refractivity (Wildman–Crippen MR) is 109 cm³/mol. The zero-order valence-corrected chi connectivity index (χ0v) is 16.6. The second kappa shape index (κ2) is 9.37. The van der Waals surface area contributed by atoms with Crippen LogP contribution in [0.5, 0.6) is 5.75 Å². The van der Waals surface area contributed by atoms with E-state index in [-0.39, 0.29) is 0 Å². The minimum absolute atomic E-state index is 0.480. The maximum atomic E-state index is 12.5. The molecule has 1 saturated heterocycles. The molecule has 0 amide bonds. The lowest BCUT2D eigenvalue weighted by molar-refractivity contribution is 0.159. The number of piperazine rings is 1. The van der Waals surface area contributed by atoms with Crippen LogP contribution in [-0.4, -0.2) is 57.0 Å². The van der Waals surface area contributed by atoms with E-state index in [0.29, 0.717) is 43.6 Å². The van der Waals surface area contributed by atoms with Crippen molar-refractivity contribution in [1.82, 2.24) is 9.21 Å². The third kappa shape index (κ3) is 5.81. The molecule has 2 aromatic rings. The molecule has 1 heterocycles. The van der Waals surface area contributed by atoms with Crippen LogP contribution in [0.1, 0.15) is 5.56 Å². The first-order valence-corrected chi connectivity index (χ1v) is 10.8. The van der Waals surface area contributed by atoms with Crippen molar-refractivity contribution in [3.8, 4) is 5.75 Å². The molecule has 7 heteroatoms. The molecule has 1 aliphatic heterocycles. The molecule has 144 valence electrons. The van der Waals surface area contributed by atoms with Gasteiger partial charge in [-0.1, -0.05) is 54.1 Å². The zero-order chi connectivity index (χ0) is 19.1. The van der Waals surface area contributed by atoms with Crippen LogP contribution in [0, 0.1) is 0 Å². The number of hydrogen-bond donors (Lipinski definition) is 0. The van der Waals surface area contributed by atoms with E-state index in [2.05, 4.69) is 4.90 Å². The summed E-state index contributed by atoms with van der Waals surface area (Å²) in [5, 5.41) is 1.89. The van der Waals surface area contributed by atoms with Gasteiger partial charge in [0, 0.05) is 38.1 Å². The van der Waals surface area contributed by atoms with Gasteiger partial charge in [-0.3, -0.25) is 4.90 Å². The van der Waals surface area contributed by atoms with Crippen LogP contribution in [-0.2, 0) is 10.0 Å². The third-order valence-corrected chi connectivity index (χ3v) is 6.30. The van der Waals surface area contributed by atoms with Crippen molar-refractivity contribution in [3.05, 3.63) is 70.6 Å².